The van der Waals surface area contributed by atoms with Gasteiger partial charge < -0.3 is 10.2 Å². The molecule has 0 fully saturated rings. The molecule has 0 aromatic heterocycles. The van der Waals surface area contributed by atoms with Gasteiger partial charge in [-0.3, -0.25) is 0 Å². The number of benzene rings is 1. The van der Waals surface area contributed by atoms with E-state index in [0.717, 1.165) is 6.54 Å². The van der Waals surface area contributed by atoms with Crippen molar-refractivity contribution in [2.45, 2.75) is 26.4 Å². The van der Waals surface area contributed by atoms with Crippen molar-refractivity contribution in [3.63, 3.8) is 0 Å². The monoisotopic (exact) mass is 272 g/mol. The van der Waals surface area contributed by atoms with Crippen LogP contribution in [0.5, 0.6) is 0 Å². The van der Waals surface area contributed by atoms with Crippen molar-refractivity contribution in [2.75, 3.05) is 20.6 Å². The zero-order valence-electron chi connectivity index (χ0n) is 11.5. The van der Waals surface area contributed by atoms with Crippen molar-refractivity contribution in [3.8, 4) is 0 Å². The van der Waals surface area contributed by atoms with Crippen LogP contribution in [0.4, 0.5) is 4.39 Å². The third-order valence-electron chi connectivity index (χ3n) is 2.93. The molecule has 0 amide bonds. The van der Waals surface area contributed by atoms with Crippen LogP contribution in [0, 0.1) is 11.7 Å². The van der Waals surface area contributed by atoms with Crippen molar-refractivity contribution in [1.29, 1.82) is 0 Å². The zero-order valence-corrected chi connectivity index (χ0v) is 12.3. The second-order valence-electron chi connectivity index (χ2n) is 5.23. The molecular formula is C14H22ClFN2. The lowest BCUT2D eigenvalue weighted by Gasteiger charge is -2.26. The lowest BCUT2D eigenvalue weighted by molar-refractivity contribution is 0.287. The van der Waals surface area contributed by atoms with Gasteiger partial charge in [0.1, 0.15) is 5.82 Å². The average molecular weight is 273 g/mol. The van der Waals surface area contributed by atoms with Gasteiger partial charge in [-0.1, -0.05) is 25.4 Å². The Morgan fingerprint density at radius 1 is 1.33 bits per heavy atom. The molecule has 0 saturated heterocycles. The maximum absolute atomic E-state index is 13.6. The summed E-state index contributed by atoms with van der Waals surface area (Å²) in [4.78, 5) is 2.13. The molecule has 0 bridgehead atoms. The van der Waals surface area contributed by atoms with Gasteiger partial charge in [-0.2, -0.15) is 0 Å². The number of rotatable bonds is 6. The first-order valence-corrected chi connectivity index (χ1v) is 6.60. The summed E-state index contributed by atoms with van der Waals surface area (Å²) in [5, 5.41) is 3.97. The van der Waals surface area contributed by atoms with E-state index < -0.39 is 0 Å². The molecule has 1 N–H and O–H groups in total. The predicted molar refractivity (Wildman–Crippen MR) is 75.4 cm³/mol. The summed E-state index contributed by atoms with van der Waals surface area (Å²) in [6, 6.07) is 4.99. The third kappa shape index (κ3) is 4.92. The van der Waals surface area contributed by atoms with Crippen molar-refractivity contribution < 1.29 is 4.39 Å². The van der Waals surface area contributed by atoms with Crippen LogP contribution in [-0.2, 0) is 6.54 Å². The first-order valence-electron chi connectivity index (χ1n) is 6.22. The minimum atomic E-state index is -0.209. The molecule has 102 valence electrons. The largest absolute Gasteiger partial charge is 0.308 e. The van der Waals surface area contributed by atoms with Crippen molar-refractivity contribution in [1.82, 2.24) is 10.2 Å². The highest BCUT2D eigenvalue weighted by Crippen LogP contribution is 2.15. The Morgan fingerprint density at radius 3 is 2.56 bits per heavy atom. The van der Waals surface area contributed by atoms with Gasteiger partial charge in [0, 0.05) is 29.7 Å². The normalized spacial score (nSPS) is 13.3. The van der Waals surface area contributed by atoms with Gasteiger partial charge in [0.25, 0.3) is 0 Å². The third-order valence-corrected chi connectivity index (χ3v) is 3.16. The molecule has 0 saturated carbocycles. The standard InChI is InChI=1S/C14H22ClFN2/c1-10(2)14(9-18(3)4)17-8-11-7-12(15)5-6-13(11)16/h5-7,10,14,17H,8-9H2,1-4H3. The van der Waals surface area contributed by atoms with E-state index in [2.05, 4.69) is 24.1 Å². The van der Waals surface area contributed by atoms with Gasteiger partial charge in [0.05, 0.1) is 0 Å². The Hall–Kier alpha value is -0.640. The fraction of sp³-hybridized carbons (Fsp3) is 0.571. The minimum Gasteiger partial charge on any atom is -0.308 e. The number of hydrogen-bond acceptors (Lipinski definition) is 2. The summed E-state index contributed by atoms with van der Waals surface area (Å²) in [6.45, 7) is 5.76. The molecule has 0 aliphatic heterocycles. The number of likely N-dealkylation sites (N-methyl/N-ethyl adjacent to an activating group) is 1. The summed E-state index contributed by atoms with van der Waals surface area (Å²) in [5.74, 6) is 0.286. The molecule has 2 nitrogen and oxygen atoms in total. The quantitative estimate of drug-likeness (QED) is 0.856. The van der Waals surface area contributed by atoms with E-state index in [9.17, 15) is 4.39 Å². The van der Waals surface area contributed by atoms with Crippen LogP contribution in [0.1, 0.15) is 19.4 Å². The van der Waals surface area contributed by atoms with Gasteiger partial charge in [0.15, 0.2) is 0 Å². The predicted octanol–water partition coefficient (Wildman–Crippen LogP) is 3.15. The number of nitrogens with one attached hydrogen (secondary N) is 1. The number of halogens is 2. The van der Waals surface area contributed by atoms with E-state index in [1.807, 2.05) is 14.1 Å². The van der Waals surface area contributed by atoms with Crippen molar-refractivity contribution in [2.24, 2.45) is 5.92 Å². The highest BCUT2D eigenvalue weighted by molar-refractivity contribution is 6.30. The van der Waals surface area contributed by atoms with E-state index in [1.165, 1.54) is 6.07 Å². The summed E-state index contributed by atoms with van der Waals surface area (Å²) in [7, 11) is 4.08. The average Bonchev–Trinajstić information content (AvgIpc) is 2.27. The Morgan fingerprint density at radius 2 is 2.00 bits per heavy atom. The van der Waals surface area contributed by atoms with Gasteiger partial charge in [-0.15, -0.1) is 0 Å². The molecule has 1 aromatic carbocycles. The lowest BCUT2D eigenvalue weighted by atomic mass is 10.0. The van der Waals surface area contributed by atoms with Gasteiger partial charge in [-0.25, -0.2) is 4.39 Å². The zero-order chi connectivity index (χ0) is 13.7. The molecule has 4 heteroatoms. The maximum atomic E-state index is 13.6. The fourth-order valence-electron chi connectivity index (χ4n) is 1.82. The molecule has 0 aliphatic rings. The van der Waals surface area contributed by atoms with Crippen molar-refractivity contribution in [3.05, 3.63) is 34.6 Å². The summed E-state index contributed by atoms with van der Waals surface area (Å²) in [6.07, 6.45) is 0. The van der Waals surface area contributed by atoms with Crippen LogP contribution < -0.4 is 5.32 Å². The van der Waals surface area contributed by atoms with E-state index in [0.29, 0.717) is 29.1 Å². The molecule has 1 atom stereocenters. The Kier molecular flexibility index (Phi) is 6.06. The second kappa shape index (κ2) is 7.07. The molecule has 1 unspecified atom stereocenters. The maximum Gasteiger partial charge on any atom is 0.127 e. The first-order chi connectivity index (χ1) is 8.40. The van der Waals surface area contributed by atoms with Crippen molar-refractivity contribution >= 4 is 11.6 Å². The molecule has 1 aromatic rings. The molecule has 0 spiro atoms. The SMILES string of the molecule is CC(C)C(CN(C)C)NCc1cc(Cl)ccc1F. The van der Waals surface area contributed by atoms with Crippen LogP contribution in [0.3, 0.4) is 0 Å². The van der Waals surface area contributed by atoms with Crippen LogP contribution in [0.25, 0.3) is 0 Å². The van der Waals surface area contributed by atoms with Crippen LogP contribution in [0.2, 0.25) is 5.02 Å². The molecule has 0 heterocycles. The van der Waals surface area contributed by atoms with Gasteiger partial charge in [0.2, 0.25) is 0 Å². The minimum absolute atomic E-state index is 0.209. The Labute approximate surface area is 114 Å². The summed E-state index contributed by atoms with van der Waals surface area (Å²) >= 11 is 5.88. The van der Waals surface area contributed by atoms with Gasteiger partial charge in [-0.05, 0) is 38.2 Å². The molecular weight excluding hydrogens is 251 g/mol. The molecule has 0 aliphatic carbocycles. The number of hydrogen-bond donors (Lipinski definition) is 1. The topological polar surface area (TPSA) is 15.3 Å². The molecule has 0 radical (unpaired) electrons. The van der Waals surface area contributed by atoms with E-state index >= 15 is 0 Å². The second-order valence-corrected chi connectivity index (χ2v) is 5.67. The summed E-state index contributed by atoms with van der Waals surface area (Å²) in [5.41, 5.74) is 0.618. The molecule has 1 rings (SSSR count). The van der Waals surface area contributed by atoms with E-state index in [1.54, 1.807) is 12.1 Å². The molecule has 18 heavy (non-hydrogen) atoms. The van der Waals surface area contributed by atoms with Crippen LogP contribution >= 0.6 is 11.6 Å². The van der Waals surface area contributed by atoms with Crippen LogP contribution in [-0.4, -0.2) is 31.6 Å². The van der Waals surface area contributed by atoms with Crippen LogP contribution in [0.15, 0.2) is 18.2 Å². The van der Waals surface area contributed by atoms with E-state index in [-0.39, 0.29) is 5.82 Å². The van der Waals surface area contributed by atoms with Gasteiger partial charge >= 0.3 is 0 Å². The first kappa shape index (κ1) is 15.4. The highest BCUT2D eigenvalue weighted by atomic mass is 35.5. The smallest absolute Gasteiger partial charge is 0.127 e. The fourth-order valence-corrected chi connectivity index (χ4v) is 2.02. The Balaban J connectivity index is 2.63. The highest BCUT2D eigenvalue weighted by Gasteiger charge is 2.14. The Bertz CT molecular complexity index is 380. The lowest BCUT2D eigenvalue weighted by Crippen LogP contribution is -2.41. The summed E-state index contributed by atoms with van der Waals surface area (Å²) < 4.78 is 13.6. The number of nitrogens with zero attached hydrogens (tertiary/aromatic N) is 1. The van der Waals surface area contributed by atoms with E-state index in [4.69, 9.17) is 11.6 Å².